The Bertz CT molecular complexity index is 1030. The van der Waals surface area contributed by atoms with Crippen LogP contribution in [-0.4, -0.2) is 27.5 Å². The Labute approximate surface area is 161 Å². The Kier molecular flexibility index (Phi) is 4.66. The quantitative estimate of drug-likeness (QED) is 0.679. The second kappa shape index (κ2) is 7.14. The van der Waals surface area contributed by atoms with Crippen molar-refractivity contribution in [1.82, 2.24) is 15.0 Å². The first-order valence-electron chi connectivity index (χ1n) is 9.03. The summed E-state index contributed by atoms with van der Waals surface area (Å²) < 4.78 is 32.2. The van der Waals surface area contributed by atoms with Gasteiger partial charge in [0.05, 0.1) is 5.92 Å². The number of benzene rings is 2. The maximum atomic E-state index is 13.4. The largest absolute Gasteiger partial charge is 0.339 e. The zero-order chi connectivity index (χ0) is 19.8. The summed E-state index contributed by atoms with van der Waals surface area (Å²) in [5, 5.41) is 4.04. The molecule has 2 aromatic carbocycles. The van der Waals surface area contributed by atoms with Gasteiger partial charge in [-0.25, -0.2) is 8.78 Å². The number of aromatic nitrogens is 2. The maximum absolute atomic E-state index is 13.4. The van der Waals surface area contributed by atoms with Gasteiger partial charge in [0.1, 0.15) is 11.6 Å². The Morgan fingerprint density at radius 2 is 1.86 bits per heavy atom. The van der Waals surface area contributed by atoms with Crippen molar-refractivity contribution in [3.05, 3.63) is 70.6 Å². The molecule has 3 aromatic rings. The number of carbonyl (C=O) groups excluding carboxylic acids is 1. The third kappa shape index (κ3) is 3.65. The Morgan fingerprint density at radius 3 is 2.57 bits per heavy atom. The van der Waals surface area contributed by atoms with Crippen LogP contribution in [-0.2, 0) is 11.3 Å². The predicted molar refractivity (Wildman–Crippen MR) is 98.3 cm³/mol. The molecule has 1 saturated heterocycles. The Morgan fingerprint density at radius 1 is 1.11 bits per heavy atom. The molecule has 7 heteroatoms. The van der Waals surface area contributed by atoms with Crippen LogP contribution in [0.3, 0.4) is 0 Å². The van der Waals surface area contributed by atoms with Gasteiger partial charge in [0, 0.05) is 31.1 Å². The first-order valence-corrected chi connectivity index (χ1v) is 9.03. The van der Waals surface area contributed by atoms with E-state index in [1.165, 1.54) is 17.7 Å². The lowest BCUT2D eigenvalue weighted by Crippen LogP contribution is -2.24. The highest BCUT2D eigenvalue weighted by molar-refractivity contribution is 5.79. The van der Waals surface area contributed by atoms with Crippen molar-refractivity contribution in [1.29, 1.82) is 0 Å². The van der Waals surface area contributed by atoms with E-state index in [2.05, 4.69) is 10.1 Å². The van der Waals surface area contributed by atoms with Crippen molar-refractivity contribution in [3.63, 3.8) is 0 Å². The molecule has 0 radical (unpaired) electrons. The van der Waals surface area contributed by atoms with Gasteiger partial charge in [0.15, 0.2) is 0 Å². The van der Waals surface area contributed by atoms with Crippen LogP contribution in [0.5, 0.6) is 0 Å². The summed E-state index contributed by atoms with van der Waals surface area (Å²) in [5.74, 6) is -0.786. The van der Waals surface area contributed by atoms with Gasteiger partial charge in [-0.05, 0) is 48.7 Å². The van der Waals surface area contributed by atoms with Gasteiger partial charge in [-0.1, -0.05) is 17.3 Å². The van der Waals surface area contributed by atoms with Crippen molar-refractivity contribution >= 4 is 5.91 Å². The van der Waals surface area contributed by atoms with Crippen LogP contribution in [0.15, 0.2) is 40.9 Å². The van der Waals surface area contributed by atoms with E-state index in [-0.39, 0.29) is 24.8 Å². The highest BCUT2D eigenvalue weighted by Gasteiger charge is 2.34. The molecule has 4 rings (SSSR count). The topological polar surface area (TPSA) is 59.2 Å². The van der Waals surface area contributed by atoms with E-state index >= 15 is 0 Å². The van der Waals surface area contributed by atoms with Crippen LogP contribution in [0.25, 0.3) is 11.4 Å². The fraction of sp³-hybridized carbons (Fsp3) is 0.286. The predicted octanol–water partition coefficient (Wildman–Crippen LogP) is 4.15. The second-order valence-electron chi connectivity index (χ2n) is 7.21. The molecule has 0 N–H and O–H groups in total. The van der Waals surface area contributed by atoms with E-state index in [1.807, 2.05) is 32.0 Å². The lowest BCUT2D eigenvalue weighted by molar-refractivity contribution is -0.128. The molecule has 144 valence electrons. The second-order valence-corrected chi connectivity index (χ2v) is 7.21. The molecule has 0 spiro atoms. The molecule has 0 bridgehead atoms. The highest BCUT2D eigenvalue weighted by Crippen LogP contribution is 2.30. The van der Waals surface area contributed by atoms with E-state index < -0.39 is 11.6 Å². The summed E-state index contributed by atoms with van der Waals surface area (Å²) in [7, 11) is 0. The normalized spacial score (nSPS) is 16.8. The van der Waals surface area contributed by atoms with Gasteiger partial charge in [0.25, 0.3) is 0 Å². The summed E-state index contributed by atoms with van der Waals surface area (Å²) in [6, 6.07) is 9.20. The molecule has 1 unspecified atom stereocenters. The minimum atomic E-state index is -0.659. The summed E-state index contributed by atoms with van der Waals surface area (Å²) >= 11 is 0. The highest BCUT2D eigenvalue weighted by atomic mass is 19.1. The summed E-state index contributed by atoms with van der Waals surface area (Å²) in [6.45, 7) is 4.56. The van der Waals surface area contributed by atoms with E-state index in [9.17, 15) is 13.6 Å². The van der Waals surface area contributed by atoms with E-state index in [0.29, 0.717) is 23.8 Å². The van der Waals surface area contributed by atoms with Crippen LogP contribution in [0, 0.1) is 25.5 Å². The maximum Gasteiger partial charge on any atom is 0.232 e. The number of nitrogens with zero attached hydrogens (tertiary/aromatic N) is 3. The van der Waals surface area contributed by atoms with Gasteiger partial charge in [-0.15, -0.1) is 0 Å². The molecule has 28 heavy (non-hydrogen) atoms. The van der Waals surface area contributed by atoms with Crippen molar-refractivity contribution in [2.75, 3.05) is 6.54 Å². The first-order chi connectivity index (χ1) is 13.4. The van der Waals surface area contributed by atoms with Crippen molar-refractivity contribution in [2.24, 2.45) is 0 Å². The molecule has 1 fully saturated rings. The number of hydrogen-bond acceptors (Lipinski definition) is 4. The molecule has 2 heterocycles. The van der Waals surface area contributed by atoms with Crippen LogP contribution in [0.1, 0.15) is 34.9 Å². The number of aryl methyl sites for hydroxylation is 2. The molecule has 5 nitrogen and oxygen atoms in total. The van der Waals surface area contributed by atoms with Gasteiger partial charge < -0.3 is 9.42 Å². The SMILES string of the molecule is Cc1ccc(-c2noc(C3CC(=O)N(Cc4cc(F)cc(F)c4)C3)n2)cc1C. The van der Waals surface area contributed by atoms with E-state index in [4.69, 9.17) is 4.52 Å². The number of likely N-dealkylation sites (tertiary alicyclic amines) is 1. The monoisotopic (exact) mass is 383 g/mol. The number of carbonyl (C=O) groups is 1. The van der Waals surface area contributed by atoms with Gasteiger partial charge >= 0.3 is 0 Å². The zero-order valence-electron chi connectivity index (χ0n) is 15.6. The van der Waals surface area contributed by atoms with Gasteiger partial charge in [-0.2, -0.15) is 4.98 Å². The smallest absolute Gasteiger partial charge is 0.232 e. The summed E-state index contributed by atoms with van der Waals surface area (Å²) in [4.78, 5) is 18.4. The molecule has 0 aliphatic carbocycles. The summed E-state index contributed by atoms with van der Waals surface area (Å²) in [5.41, 5.74) is 3.58. The molecular formula is C21H19F2N3O2. The minimum Gasteiger partial charge on any atom is -0.339 e. The fourth-order valence-electron chi connectivity index (χ4n) is 3.41. The standard InChI is InChI=1S/C21H19F2N3O2/c1-12-3-4-15(5-13(12)2)20-24-21(28-25-20)16-8-19(27)26(11-16)10-14-6-17(22)9-18(23)7-14/h3-7,9,16H,8,10-11H2,1-2H3. The van der Waals surface area contributed by atoms with Crippen molar-refractivity contribution in [2.45, 2.75) is 32.7 Å². The first kappa shape index (κ1) is 18.3. The Balaban J connectivity index is 1.49. The number of amides is 1. The fourth-order valence-corrected chi connectivity index (χ4v) is 3.41. The lowest BCUT2D eigenvalue weighted by Gasteiger charge is -2.16. The molecule has 1 aliphatic rings. The van der Waals surface area contributed by atoms with Crippen LogP contribution < -0.4 is 0 Å². The van der Waals surface area contributed by atoms with Crippen LogP contribution >= 0.6 is 0 Å². The van der Waals surface area contributed by atoms with Crippen LogP contribution in [0.2, 0.25) is 0 Å². The Hall–Kier alpha value is -3.09. The molecule has 1 aliphatic heterocycles. The summed E-state index contributed by atoms with van der Waals surface area (Å²) in [6.07, 6.45) is 0.229. The molecule has 1 aromatic heterocycles. The minimum absolute atomic E-state index is 0.111. The van der Waals surface area contributed by atoms with E-state index in [0.717, 1.165) is 17.2 Å². The zero-order valence-corrected chi connectivity index (χ0v) is 15.6. The third-order valence-electron chi connectivity index (χ3n) is 5.07. The third-order valence-corrected chi connectivity index (χ3v) is 5.07. The van der Waals surface area contributed by atoms with Crippen molar-refractivity contribution < 1.29 is 18.1 Å². The number of halogens is 2. The molecule has 1 atom stereocenters. The molecule has 0 saturated carbocycles. The van der Waals surface area contributed by atoms with Gasteiger partial charge in [0.2, 0.25) is 17.6 Å². The number of rotatable bonds is 4. The van der Waals surface area contributed by atoms with Crippen LogP contribution in [0.4, 0.5) is 8.78 Å². The van der Waals surface area contributed by atoms with E-state index in [1.54, 1.807) is 4.90 Å². The average Bonchev–Trinajstić information content (AvgIpc) is 3.24. The lowest BCUT2D eigenvalue weighted by atomic mass is 10.1. The molecular weight excluding hydrogens is 364 g/mol. The van der Waals surface area contributed by atoms with Gasteiger partial charge in [-0.3, -0.25) is 4.79 Å². The number of hydrogen-bond donors (Lipinski definition) is 0. The van der Waals surface area contributed by atoms with Crippen molar-refractivity contribution in [3.8, 4) is 11.4 Å². The molecule has 1 amide bonds. The average molecular weight is 383 g/mol.